The van der Waals surface area contributed by atoms with E-state index in [9.17, 15) is 5.11 Å². The Morgan fingerprint density at radius 2 is 1.35 bits per heavy atom. The number of aliphatic hydroxyl groups is 1. The number of rotatable bonds is 12. The molecule has 2 heteroatoms. The van der Waals surface area contributed by atoms with Crippen LogP contribution in [0.1, 0.15) is 84.0 Å². The van der Waals surface area contributed by atoms with Gasteiger partial charge in [-0.15, -0.1) is 0 Å². The van der Waals surface area contributed by atoms with Gasteiger partial charge in [-0.1, -0.05) is 64.7 Å². The van der Waals surface area contributed by atoms with Crippen molar-refractivity contribution in [3.63, 3.8) is 0 Å². The van der Waals surface area contributed by atoms with Crippen molar-refractivity contribution in [2.45, 2.75) is 89.6 Å². The van der Waals surface area contributed by atoms with Gasteiger partial charge in [0.05, 0.1) is 5.60 Å². The molecular weight excluding hydrogens is 246 g/mol. The van der Waals surface area contributed by atoms with Crippen LogP contribution in [0.15, 0.2) is 0 Å². The molecule has 0 unspecified atom stereocenters. The third kappa shape index (κ3) is 5.37. The molecule has 1 N–H and O–H groups in total. The predicted molar refractivity (Wildman–Crippen MR) is 86.0 cm³/mol. The fourth-order valence-corrected chi connectivity index (χ4v) is 3.59. The quantitative estimate of drug-likeness (QED) is 0.537. The van der Waals surface area contributed by atoms with Crippen LogP contribution in [0.4, 0.5) is 0 Å². The van der Waals surface area contributed by atoms with Gasteiger partial charge in [0.25, 0.3) is 0 Å². The van der Waals surface area contributed by atoms with Crippen molar-refractivity contribution in [1.82, 2.24) is 4.90 Å². The summed E-state index contributed by atoms with van der Waals surface area (Å²) in [6.07, 6.45) is 16.6. The van der Waals surface area contributed by atoms with Gasteiger partial charge in [-0.25, -0.2) is 0 Å². The van der Waals surface area contributed by atoms with Gasteiger partial charge >= 0.3 is 0 Å². The van der Waals surface area contributed by atoms with E-state index in [2.05, 4.69) is 11.8 Å². The molecule has 1 saturated heterocycles. The minimum atomic E-state index is -0.279. The summed E-state index contributed by atoms with van der Waals surface area (Å²) in [5, 5.41) is 10.2. The van der Waals surface area contributed by atoms with Crippen LogP contribution < -0.4 is 0 Å². The number of β-amino-alcohol motifs (C(OH)–C–C–N with tert-alkyl or cyclic N) is 1. The van der Waals surface area contributed by atoms with Crippen molar-refractivity contribution in [1.29, 1.82) is 0 Å². The van der Waals surface area contributed by atoms with Crippen molar-refractivity contribution >= 4 is 0 Å². The van der Waals surface area contributed by atoms with Crippen LogP contribution in [0.2, 0.25) is 0 Å². The molecule has 0 amide bonds. The van der Waals surface area contributed by atoms with E-state index >= 15 is 0 Å². The number of hydrogen-bond donors (Lipinski definition) is 1. The van der Waals surface area contributed by atoms with Crippen molar-refractivity contribution < 1.29 is 5.11 Å². The summed E-state index contributed by atoms with van der Waals surface area (Å²) in [5.41, 5.74) is -0.279. The number of hydrogen-bond acceptors (Lipinski definition) is 2. The molecule has 20 heavy (non-hydrogen) atoms. The van der Waals surface area contributed by atoms with Gasteiger partial charge < -0.3 is 5.11 Å². The van der Waals surface area contributed by atoms with E-state index < -0.39 is 0 Å². The molecule has 0 aromatic carbocycles. The second kappa shape index (κ2) is 8.38. The molecule has 2 nitrogen and oxygen atoms in total. The largest absolute Gasteiger partial charge is 0.387 e. The maximum atomic E-state index is 10.2. The molecule has 1 aliphatic carbocycles. The van der Waals surface area contributed by atoms with E-state index in [-0.39, 0.29) is 5.60 Å². The molecule has 1 heterocycles. The highest BCUT2D eigenvalue weighted by atomic mass is 16.3. The molecule has 2 aliphatic rings. The Morgan fingerprint density at radius 1 is 0.850 bits per heavy atom. The molecule has 0 bridgehead atoms. The number of likely N-dealkylation sites (tertiary alicyclic amines) is 1. The Bertz CT molecular complexity index is 256. The number of nitrogens with zero attached hydrogens (tertiary/aromatic N) is 1. The molecule has 118 valence electrons. The van der Waals surface area contributed by atoms with Crippen molar-refractivity contribution in [2.75, 3.05) is 19.6 Å². The van der Waals surface area contributed by atoms with Gasteiger partial charge in [-0.2, -0.15) is 0 Å². The second-order valence-corrected chi connectivity index (χ2v) is 7.27. The zero-order valence-corrected chi connectivity index (χ0v) is 13.6. The Balaban J connectivity index is 1.31. The van der Waals surface area contributed by atoms with E-state index in [1.54, 1.807) is 0 Å². The molecule has 0 atom stereocenters. The third-order valence-electron chi connectivity index (χ3n) is 5.16. The summed E-state index contributed by atoms with van der Waals surface area (Å²) in [5.74, 6) is 0.645. The minimum Gasteiger partial charge on any atom is -0.387 e. The van der Waals surface area contributed by atoms with Crippen LogP contribution >= 0.6 is 0 Å². The van der Waals surface area contributed by atoms with Crippen LogP contribution in [-0.2, 0) is 0 Å². The van der Waals surface area contributed by atoms with Gasteiger partial charge in [0.1, 0.15) is 0 Å². The first-order chi connectivity index (χ1) is 9.74. The maximum Gasteiger partial charge on any atom is 0.0928 e. The zero-order valence-electron chi connectivity index (χ0n) is 13.6. The highest BCUT2D eigenvalue weighted by Gasteiger charge is 2.51. The van der Waals surface area contributed by atoms with Crippen molar-refractivity contribution in [3.8, 4) is 0 Å². The lowest BCUT2D eigenvalue weighted by molar-refractivity contribution is -0.113. The lowest BCUT2D eigenvalue weighted by atomic mass is 9.88. The topological polar surface area (TPSA) is 23.5 Å². The first-order valence-electron chi connectivity index (χ1n) is 9.19. The van der Waals surface area contributed by atoms with Gasteiger partial charge in [-0.05, 0) is 31.7 Å². The first-order valence-corrected chi connectivity index (χ1v) is 9.19. The summed E-state index contributed by atoms with van der Waals surface area (Å²) in [7, 11) is 0. The second-order valence-electron chi connectivity index (χ2n) is 7.27. The smallest absolute Gasteiger partial charge is 0.0928 e. The summed E-state index contributed by atoms with van der Waals surface area (Å²) in [6, 6.07) is 0. The summed E-state index contributed by atoms with van der Waals surface area (Å²) in [6.45, 7) is 5.40. The van der Waals surface area contributed by atoms with Crippen LogP contribution in [0, 0.1) is 5.92 Å². The van der Waals surface area contributed by atoms with Crippen LogP contribution in [0.5, 0.6) is 0 Å². The SMILES string of the molecule is CCCCCCCCCCCCN1CC(O)(C2CC2)C1. The maximum absolute atomic E-state index is 10.2. The van der Waals surface area contributed by atoms with Crippen molar-refractivity contribution in [2.24, 2.45) is 5.92 Å². The Morgan fingerprint density at radius 3 is 1.85 bits per heavy atom. The van der Waals surface area contributed by atoms with Gasteiger partial charge in [0.15, 0.2) is 0 Å². The Kier molecular flexibility index (Phi) is 6.83. The molecule has 1 aliphatic heterocycles. The van der Waals surface area contributed by atoms with Gasteiger partial charge in [0, 0.05) is 13.1 Å². The van der Waals surface area contributed by atoms with E-state index in [1.807, 2.05) is 0 Å². The van der Waals surface area contributed by atoms with E-state index in [1.165, 1.54) is 83.6 Å². The average Bonchev–Trinajstić information content (AvgIpc) is 3.23. The van der Waals surface area contributed by atoms with Crippen LogP contribution in [0.3, 0.4) is 0 Å². The standard InChI is InChI=1S/C18H35NO/c1-2-3-4-5-6-7-8-9-10-11-14-19-15-18(20,16-19)17-12-13-17/h17,20H,2-16H2,1H3. The van der Waals surface area contributed by atoms with Crippen LogP contribution in [-0.4, -0.2) is 35.2 Å². The lowest BCUT2D eigenvalue weighted by Gasteiger charge is -2.47. The van der Waals surface area contributed by atoms with E-state index in [4.69, 9.17) is 0 Å². The van der Waals surface area contributed by atoms with E-state index in [0.717, 1.165) is 13.1 Å². The monoisotopic (exact) mass is 281 g/mol. The van der Waals surface area contributed by atoms with E-state index in [0.29, 0.717) is 5.92 Å². The predicted octanol–water partition coefficient (Wildman–Crippen LogP) is 4.36. The molecule has 0 aromatic heterocycles. The van der Waals surface area contributed by atoms with Crippen LogP contribution in [0.25, 0.3) is 0 Å². The Labute approximate surface area is 125 Å². The minimum absolute atomic E-state index is 0.279. The third-order valence-corrected chi connectivity index (χ3v) is 5.16. The number of unbranched alkanes of at least 4 members (excludes halogenated alkanes) is 9. The average molecular weight is 281 g/mol. The molecule has 2 rings (SSSR count). The van der Waals surface area contributed by atoms with Crippen molar-refractivity contribution in [3.05, 3.63) is 0 Å². The zero-order chi connectivity index (χ0) is 14.3. The fourth-order valence-electron chi connectivity index (χ4n) is 3.59. The molecule has 0 spiro atoms. The van der Waals surface area contributed by atoms with Gasteiger partial charge in [0.2, 0.25) is 0 Å². The summed E-state index contributed by atoms with van der Waals surface area (Å²) < 4.78 is 0. The Hall–Kier alpha value is -0.0800. The molecule has 0 radical (unpaired) electrons. The normalized spacial score (nSPS) is 21.9. The van der Waals surface area contributed by atoms with Gasteiger partial charge in [-0.3, -0.25) is 4.90 Å². The highest BCUT2D eigenvalue weighted by molar-refractivity contribution is 5.05. The molecule has 2 fully saturated rings. The summed E-state index contributed by atoms with van der Waals surface area (Å²) >= 11 is 0. The molecule has 1 saturated carbocycles. The summed E-state index contributed by atoms with van der Waals surface area (Å²) in [4.78, 5) is 2.45. The fraction of sp³-hybridized carbons (Fsp3) is 1.00. The highest BCUT2D eigenvalue weighted by Crippen LogP contribution is 2.44. The molecule has 0 aromatic rings. The lowest BCUT2D eigenvalue weighted by Crippen LogP contribution is -2.63. The molecular formula is C18H35NO. The first kappa shape index (κ1) is 16.3.